The summed E-state index contributed by atoms with van der Waals surface area (Å²) < 4.78 is -0.428. The summed E-state index contributed by atoms with van der Waals surface area (Å²) in [6, 6.07) is 6.02. The molecule has 0 unspecified atom stereocenters. The highest BCUT2D eigenvalue weighted by molar-refractivity contribution is 14.1. The molecule has 5 nitrogen and oxygen atoms in total. The topological polar surface area (TPSA) is 75.6 Å². The van der Waals surface area contributed by atoms with Crippen LogP contribution in [0.2, 0.25) is 0 Å². The van der Waals surface area contributed by atoms with Gasteiger partial charge in [0.25, 0.3) is 0 Å². The standard InChI is InChI=1S/C8H6INO4/c9-8(13)10-14-6-4-2-1-3-5(6)7(11)12/h1-4H,(H,10,13)(H,11,12). The number of halogens is 1. The summed E-state index contributed by atoms with van der Waals surface area (Å²) in [6.07, 6.45) is 0. The molecule has 14 heavy (non-hydrogen) atoms. The molecule has 0 aliphatic carbocycles. The largest absolute Gasteiger partial charge is 0.478 e. The lowest BCUT2D eigenvalue weighted by Gasteiger charge is -2.06. The number of hydrogen-bond acceptors (Lipinski definition) is 3. The van der Waals surface area contributed by atoms with Gasteiger partial charge in [-0.1, -0.05) is 12.1 Å². The number of para-hydroxylation sites is 1. The van der Waals surface area contributed by atoms with Gasteiger partial charge in [0, 0.05) is 22.6 Å². The Morgan fingerprint density at radius 2 is 2.00 bits per heavy atom. The maximum absolute atomic E-state index is 10.7. The predicted octanol–water partition coefficient (Wildman–Crippen LogP) is 1.82. The van der Waals surface area contributed by atoms with Crippen molar-refractivity contribution in [3.05, 3.63) is 29.8 Å². The van der Waals surface area contributed by atoms with Crippen molar-refractivity contribution >= 4 is 32.5 Å². The average molecular weight is 307 g/mol. The Balaban J connectivity index is 2.84. The van der Waals surface area contributed by atoms with Crippen molar-refractivity contribution in [2.75, 3.05) is 0 Å². The lowest BCUT2D eigenvalue weighted by Crippen LogP contribution is -2.21. The summed E-state index contributed by atoms with van der Waals surface area (Å²) in [5.41, 5.74) is 2.04. The third kappa shape index (κ3) is 2.87. The van der Waals surface area contributed by atoms with Gasteiger partial charge < -0.3 is 9.94 Å². The second-order valence-corrected chi connectivity index (χ2v) is 3.26. The number of carbonyl (C=O) groups excluding carboxylic acids is 1. The number of rotatable bonds is 3. The summed E-state index contributed by atoms with van der Waals surface area (Å²) in [5, 5.41) is 8.74. The molecular weight excluding hydrogens is 301 g/mol. The maximum Gasteiger partial charge on any atom is 0.339 e. The normalized spacial score (nSPS) is 9.21. The minimum atomic E-state index is -1.11. The quantitative estimate of drug-likeness (QED) is 0.386. The Labute approximate surface area is 93.2 Å². The van der Waals surface area contributed by atoms with Crippen LogP contribution >= 0.6 is 22.6 Å². The number of carboxylic acids is 1. The van der Waals surface area contributed by atoms with E-state index in [-0.39, 0.29) is 11.3 Å². The van der Waals surface area contributed by atoms with Crippen LogP contribution in [-0.2, 0) is 0 Å². The first-order valence-corrected chi connectivity index (χ1v) is 4.64. The fraction of sp³-hybridized carbons (Fsp3) is 0. The molecule has 0 bridgehead atoms. The van der Waals surface area contributed by atoms with Gasteiger partial charge in [-0.3, -0.25) is 4.79 Å². The van der Waals surface area contributed by atoms with Crippen LogP contribution in [0.25, 0.3) is 0 Å². The molecule has 0 atom stereocenters. The second-order valence-electron chi connectivity index (χ2n) is 2.28. The number of hydroxylamine groups is 1. The van der Waals surface area contributed by atoms with E-state index in [1.807, 2.05) is 5.48 Å². The van der Waals surface area contributed by atoms with Crippen LogP contribution in [0.5, 0.6) is 5.75 Å². The Morgan fingerprint density at radius 3 is 2.57 bits per heavy atom. The first kappa shape index (κ1) is 10.8. The minimum Gasteiger partial charge on any atom is -0.478 e. The molecule has 0 aromatic heterocycles. The van der Waals surface area contributed by atoms with Crippen molar-refractivity contribution in [3.63, 3.8) is 0 Å². The Hall–Kier alpha value is -1.31. The zero-order valence-electron chi connectivity index (χ0n) is 6.86. The van der Waals surface area contributed by atoms with Gasteiger partial charge in [-0.2, -0.15) is 5.48 Å². The number of carbonyl (C=O) groups is 2. The first-order chi connectivity index (χ1) is 6.61. The number of nitrogens with one attached hydrogen (secondary N) is 1. The Bertz CT molecular complexity index is 366. The summed E-state index contributed by atoms with van der Waals surface area (Å²) in [4.78, 5) is 25.9. The number of benzene rings is 1. The van der Waals surface area contributed by atoms with Crippen molar-refractivity contribution in [1.29, 1.82) is 0 Å². The highest BCUT2D eigenvalue weighted by atomic mass is 127. The van der Waals surface area contributed by atoms with E-state index in [1.54, 1.807) is 12.1 Å². The molecule has 1 aromatic rings. The molecule has 1 rings (SSSR count). The van der Waals surface area contributed by atoms with Crippen LogP contribution in [0.1, 0.15) is 10.4 Å². The van der Waals surface area contributed by atoms with E-state index in [9.17, 15) is 9.59 Å². The van der Waals surface area contributed by atoms with Crippen LogP contribution in [0.4, 0.5) is 4.79 Å². The van der Waals surface area contributed by atoms with Gasteiger partial charge in [-0.05, 0) is 12.1 Å². The van der Waals surface area contributed by atoms with Crippen LogP contribution in [0, 0.1) is 0 Å². The van der Waals surface area contributed by atoms with E-state index in [4.69, 9.17) is 9.94 Å². The summed E-state index contributed by atoms with van der Waals surface area (Å²) in [6.45, 7) is 0. The van der Waals surface area contributed by atoms with Gasteiger partial charge in [0.05, 0.1) is 0 Å². The highest BCUT2D eigenvalue weighted by Gasteiger charge is 2.10. The number of aromatic carboxylic acids is 1. The zero-order valence-corrected chi connectivity index (χ0v) is 9.02. The molecule has 6 heteroatoms. The molecule has 0 saturated carbocycles. The number of carboxylic acid groups (broad SMARTS) is 1. The molecule has 0 heterocycles. The third-order valence-electron chi connectivity index (χ3n) is 1.36. The summed E-state index contributed by atoms with van der Waals surface area (Å²) >= 11 is 1.48. The highest BCUT2D eigenvalue weighted by Crippen LogP contribution is 2.16. The molecule has 0 spiro atoms. The molecule has 0 radical (unpaired) electrons. The van der Waals surface area contributed by atoms with Gasteiger partial charge in [-0.15, -0.1) is 0 Å². The van der Waals surface area contributed by atoms with E-state index in [2.05, 4.69) is 0 Å². The molecule has 2 N–H and O–H groups in total. The fourth-order valence-electron chi connectivity index (χ4n) is 0.827. The predicted molar refractivity (Wildman–Crippen MR) is 56.6 cm³/mol. The molecule has 74 valence electrons. The lowest BCUT2D eigenvalue weighted by molar-refractivity contribution is 0.0689. The lowest BCUT2D eigenvalue weighted by atomic mass is 10.2. The summed E-state index contributed by atoms with van der Waals surface area (Å²) in [7, 11) is 0. The van der Waals surface area contributed by atoms with E-state index in [0.29, 0.717) is 0 Å². The first-order valence-electron chi connectivity index (χ1n) is 3.56. The average Bonchev–Trinajstić information content (AvgIpc) is 2.15. The Morgan fingerprint density at radius 1 is 1.36 bits per heavy atom. The van der Waals surface area contributed by atoms with E-state index < -0.39 is 9.88 Å². The van der Waals surface area contributed by atoms with E-state index in [1.165, 1.54) is 34.7 Å². The Kier molecular flexibility index (Phi) is 3.69. The van der Waals surface area contributed by atoms with Crippen LogP contribution in [-0.4, -0.2) is 15.0 Å². The molecule has 0 saturated heterocycles. The third-order valence-corrected chi connectivity index (χ3v) is 1.58. The molecule has 0 aliphatic rings. The van der Waals surface area contributed by atoms with Crippen molar-refractivity contribution in [2.24, 2.45) is 0 Å². The van der Waals surface area contributed by atoms with Crippen molar-refractivity contribution in [3.8, 4) is 5.75 Å². The molecule has 1 amide bonds. The zero-order chi connectivity index (χ0) is 10.6. The smallest absolute Gasteiger partial charge is 0.339 e. The van der Waals surface area contributed by atoms with Crippen LogP contribution in [0.3, 0.4) is 0 Å². The maximum atomic E-state index is 10.7. The summed E-state index contributed by atoms with van der Waals surface area (Å²) in [5.74, 6) is -1.01. The minimum absolute atomic E-state index is 0.00218. The van der Waals surface area contributed by atoms with Crippen molar-refractivity contribution in [1.82, 2.24) is 5.48 Å². The van der Waals surface area contributed by atoms with Crippen LogP contribution < -0.4 is 10.3 Å². The van der Waals surface area contributed by atoms with Gasteiger partial charge >= 0.3 is 9.88 Å². The molecular formula is C8H6INO4. The van der Waals surface area contributed by atoms with E-state index in [0.717, 1.165) is 0 Å². The van der Waals surface area contributed by atoms with E-state index >= 15 is 0 Å². The fourth-order valence-corrected chi connectivity index (χ4v) is 0.938. The van der Waals surface area contributed by atoms with Gasteiger partial charge in [0.1, 0.15) is 5.56 Å². The SMILES string of the molecule is O=C(I)NOc1ccccc1C(=O)O. The monoisotopic (exact) mass is 307 g/mol. The van der Waals surface area contributed by atoms with Crippen molar-refractivity contribution in [2.45, 2.75) is 0 Å². The number of amides is 1. The van der Waals surface area contributed by atoms with Crippen molar-refractivity contribution < 1.29 is 19.5 Å². The van der Waals surface area contributed by atoms with Gasteiger partial charge in [0.2, 0.25) is 0 Å². The van der Waals surface area contributed by atoms with Gasteiger partial charge in [0.15, 0.2) is 5.75 Å². The van der Waals surface area contributed by atoms with Crippen LogP contribution in [0.15, 0.2) is 24.3 Å². The molecule has 1 aromatic carbocycles. The number of hydrogen-bond donors (Lipinski definition) is 2. The molecule has 0 aliphatic heterocycles. The second kappa shape index (κ2) is 4.80. The molecule has 0 fully saturated rings. The van der Waals surface area contributed by atoms with Gasteiger partial charge in [-0.25, -0.2) is 4.79 Å².